The van der Waals surface area contributed by atoms with E-state index >= 15 is 0 Å². The van der Waals surface area contributed by atoms with E-state index < -0.39 is 10.0 Å². The molecule has 0 aliphatic carbocycles. The average molecular weight is 281 g/mol. The van der Waals surface area contributed by atoms with E-state index in [-0.39, 0.29) is 16.5 Å². The third kappa shape index (κ3) is 3.50. The molecule has 0 spiro atoms. The zero-order valence-corrected chi connectivity index (χ0v) is 11.2. The van der Waals surface area contributed by atoms with Gasteiger partial charge in [-0.05, 0) is 30.9 Å². The molecule has 1 aromatic rings. The highest BCUT2D eigenvalue weighted by Gasteiger charge is 2.21. The fraction of sp³-hybridized carbons (Fsp3) is 0.500. The highest BCUT2D eigenvalue weighted by Crippen LogP contribution is 2.15. The van der Waals surface area contributed by atoms with E-state index in [2.05, 4.69) is 9.71 Å². The van der Waals surface area contributed by atoms with Crippen LogP contribution in [0.25, 0.3) is 0 Å². The van der Waals surface area contributed by atoms with Crippen molar-refractivity contribution >= 4 is 10.0 Å². The molecule has 2 rings (SSSR count). The lowest BCUT2D eigenvalue weighted by molar-refractivity contribution is 0.0568. The van der Waals surface area contributed by atoms with Crippen molar-refractivity contribution in [3.8, 4) is 6.07 Å². The first-order valence-electron chi connectivity index (χ1n) is 6.06. The molecule has 1 aliphatic rings. The Morgan fingerprint density at radius 1 is 1.58 bits per heavy atom. The van der Waals surface area contributed by atoms with E-state index in [1.165, 1.54) is 18.3 Å². The minimum Gasteiger partial charge on any atom is -0.381 e. The quantitative estimate of drug-likeness (QED) is 0.875. The lowest BCUT2D eigenvalue weighted by Gasteiger charge is -2.22. The summed E-state index contributed by atoms with van der Waals surface area (Å²) in [5.74, 6) is 0.186. The topological polar surface area (TPSA) is 92.1 Å². The molecule has 0 radical (unpaired) electrons. The van der Waals surface area contributed by atoms with Crippen molar-refractivity contribution in [3.05, 3.63) is 24.0 Å². The van der Waals surface area contributed by atoms with Crippen molar-refractivity contribution < 1.29 is 13.2 Å². The van der Waals surface area contributed by atoms with Crippen LogP contribution in [0.1, 0.15) is 18.5 Å². The summed E-state index contributed by atoms with van der Waals surface area (Å²) in [6.45, 7) is 1.63. The second-order valence-electron chi connectivity index (χ2n) is 4.40. The number of rotatable bonds is 4. The van der Waals surface area contributed by atoms with Gasteiger partial charge in [-0.25, -0.2) is 18.1 Å². The molecule has 1 unspecified atom stereocenters. The van der Waals surface area contributed by atoms with E-state index in [0.717, 1.165) is 19.4 Å². The van der Waals surface area contributed by atoms with Gasteiger partial charge in [0, 0.05) is 19.3 Å². The molecule has 1 fully saturated rings. The summed E-state index contributed by atoms with van der Waals surface area (Å²) in [4.78, 5) is 3.68. The molecule has 7 heteroatoms. The lowest BCUT2D eigenvalue weighted by atomic mass is 10.0. The van der Waals surface area contributed by atoms with Crippen molar-refractivity contribution in [3.63, 3.8) is 0 Å². The van der Waals surface area contributed by atoms with Gasteiger partial charge in [0.25, 0.3) is 0 Å². The van der Waals surface area contributed by atoms with Crippen LogP contribution in [0.3, 0.4) is 0 Å². The minimum absolute atomic E-state index is 0.0748. The summed E-state index contributed by atoms with van der Waals surface area (Å²) in [7, 11) is -3.69. The Kier molecular flexibility index (Phi) is 4.47. The largest absolute Gasteiger partial charge is 0.381 e. The van der Waals surface area contributed by atoms with E-state index in [1.54, 1.807) is 6.07 Å². The maximum Gasteiger partial charge on any atom is 0.243 e. The predicted molar refractivity (Wildman–Crippen MR) is 67.7 cm³/mol. The minimum atomic E-state index is -3.69. The standard InChI is InChI=1S/C12H15N3O3S/c13-7-11-12(4-1-5-14-11)19(16,17)15-8-10-3-2-6-18-9-10/h1,4-5,10,15H,2-3,6,8-9H2. The number of nitrogens with one attached hydrogen (secondary N) is 1. The van der Waals surface area contributed by atoms with Gasteiger partial charge in [-0.2, -0.15) is 5.26 Å². The molecule has 0 amide bonds. The molecule has 0 aromatic carbocycles. The van der Waals surface area contributed by atoms with Crippen molar-refractivity contribution in [2.24, 2.45) is 5.92 Å². The number of nitriles is 1. The van der Waals surface area contributed by atoms with Crippen LogP contribution in [0.2, 0.25) is 0 Å². The van der Waals surface area contributed by atoms with E-state index in [9.17, 15) is 8.42 Å². The molecular formula is C12H15N3O3S. The Labute approximate surface area is 112 Å². The van der Waals surface area contributed by atoms with Gasteiger partial charge >= 0.3 is 0 Å². The van der Waals surface area contributed by atoms with Crippen LogP contribution in [0.15, 0.2) is 23.2 Å². The first-order valence-corrected chi connectivity index (χ1v) is 7.54. The summed E-state index contributed by atoms with van der Waals surface area (Å²) in [5, 5.41) is 8.87. The zero-order valence-electron chi connectivity index (χ0n) is 10.4. The number of aromatic nitrogens is 1. The summed E-state index contributed by atoms with van der Waals surface area (Å²) in [6, 6.07) is 4.66. The van der Waals surface area contributed by atoms with Crippen LogP contribution in [-0.4, -0.2) is 33.2 Å². The monoisotopic (exact) mass is 281 g/mol. The summed E-state index contributed by atoms with van der Waals surface area (Å²) >= 11 is 0. The SMILES string of the molecule is N#Cc1ncccc1S(=O)(=O)NCC1CCCOC1. The normalized spacial score (nSPS) is 19.8. The molecule has 2 heterocycles. The van der Waals surface area contributed by atoms with Gasteiger partial charge in [-0.15, -0.1) is 0 Å². The second kappa shape index (κ2) is 6.10. The molecule has 1 saturated heterocycles. The number of sulfonamides is 1. The molecule has 1 N–H and O–H groups in total. The molecule has 0 bridgehead atoms. The van der Waals surface area contributed by atoms with Gasteiger partial charge in [0.05, 0.1) is 6.61 Å². The average Bonchev–Trinajstić information content (AvgIpc) is 2.46. The third-order valence-corrected chi connectivity index (χ3v) is 4.44. The summed E-state index contributed by atoms with van der Waals surface area (Å²) < 4.78 is 32.0. The summed E-state index contributed by atoms with van der Waals surface area (Å²) in [6.07, 6.45) is 3.29. The number of hydrogen-bond donors (Lipinski definition) is 1. The van der Waals surface area contributed by atoms with E-state index in [1.807, 2.05) is 0 Å². The number of pyridine rings is 1. The van der Waals surface area contributed by atoms with Crippen LogP contribution in [0, 0.1) is 17.2 Å². The van der Waals surface area contributed by atoms with E-state index in [0.29, 0.717) is 13.2 Å². The molecule has 102 valence electrons. The highest BCUT2D eigenvalue weighted by molar-refractivity contribution is 7.89. The molecule has 1 atom stereocenters. The zero-order chi connectivity index (χ0) is 13.7. The smallest absolute Gasteiger partial charge is 0.243 e. The van der Waals surface area contributed by atoms with Crippen LogP contribution >= 0.6 is 0 Å². The molecule has 6 nitrogen and oxygen atoms in total. The van der Waals surface area contributed by atoms with Crippen molar-refractivity contribution in [2.75, 3.05) is 19.8 Å². The first kappa shape index (κ1) is 13.9. The summed E-state index contributed by atoms with van der Waals surface area (Å²) in [5.41, 5.74) is -0.0881. The third-order valence-electron chi connectivity index (χ3n) is 2.98. The highest BCUT2D eigenvalue weighted by atomic mass is 32.2. The molecular weight excluding hydrogens is 266 g/mol. The van der Waals surface area contributed by atoms with Gasteiger partial charge in [0.15, 0.2) is 5.69 Å². The molecule has 1 aliphatic heterocycles. The lowest BCUT2D eigenvalue weighted by Crippen LogP contribution is -2.33. The van der Waals surface area contributed by atoms with Gasteiger partial charge in [0.2, 0.25) is 10.0 Å². The fourth-order valence-corrected chi connectivity index (χ4v) is 3.19. The maximum absolute atomic E-state index is 12.1. The predicted octanol–water partition coefficient (Wildman–Crippen LogP) is 0.658. The van der Waals surface area contributed by atoms with Crippen LogP contribution < -0.4 is 4.72 Å². The molecule has 19 heavy (non-hydrogen) atoms. The van der Waals surface area contributed by atoms with Gasteiger partial charge < -0.3 is 4.74 Å². The Bertz CT molecular complexity index is 574. The van der Waals surface area contributed by atoms with Crippen LogP contribution in [0.4, 0.5) is 0 Å². The number of hydrogen-bond acceptors (Lipinski definition) is 5. The van der Waals surface area contributed by atoms with Crippen molar-refractivity contribution in [1.82, 2.24) is 9.71 Å². The molecule has 0 saturated carbocycles. The van der Waals surface area contributed by atoms with Crippen LogP contribution in [0.5, 0.6) is 0 Å². The van der Waals surface area contributed by atoms with Crippen molar-refractivity contribution in [2.45, 2.75) is 17.7 Å². The maximum atomic E-state index is 12.1. The molecule has 1 aromatic heterocycles. The second-order valence-corrected chi connectivity index (χ2v) is 6.13. The van der Waals surface area contributed by atoms with Crippen molar-refractivity contribution in [1.29, 1.82) is 5.26 Å². The Balaban J connectivity index is 2.07. The van der Waals surface area contributed by atoms with Gasteiger partial charge in [-0.3, -0.25) is 0 Å². The van der Waals surface area contributed by atoms with Gasteiger partial charge in [0.1, 0.15) is 11.0 Å². The number of ether oxygens (including phenoxy) is 1. The Hall–Kier alpha value is -1.49. The number of nitrogens with zero attached hydrogens (tertiary/aromatic N) is 2. The van der Waals surface area contributed by atoms with Gasteiger partial charge in [-0.1, -0.05) is 0 Å². The fourth-order valence-electron chi connectivity index (χ4n) is 1.97. The van der Waals surface area contributed by atoms with E-state index in [4.69, 9.17) is 10.00 Å². The first-order chi connectivity index (χ1) is 9.13. The van der Waals surface area contributed by atoms with Crippen LogP contribution in [-0.2, 0) is 14.8 Å². The Morgan fingerprint density at radius 3 is 3.11 bits per heavy atom. The Morgan fingerprint density at radius 2 is 2.42 bits per heavy atom.